The number of para-hydroxylation sites is 1. The van der Waals surface area contributed by atoms with Crippen molar-refractivity contribution in [3.63, 3.8) is 0 Å². The van der Waals surface area contributed by atoms with E-state index in [2.05, 4.69) is 25.9 Å². The molecule has 0 aliphatic heterocycles. The number of hydrogen-bond acceptors (Lipinski definition) is 4. The lowest BCUT2D eigenvalue weighted by atomic mass is 10.2. The summed E-state index contributed by atoms with van der Waals surface area (Å²) < 4.78 is 1.70. The van der Waals surface area contributed by atoms with E-state index in [1.165, 1.54) is 4.90 Å². The second kappa shape index (κ2) is 7.02. The van der Waals surface area contributed by atoms with Crippen molar-refractivity contribution < 1.29 is 4.79 Å². The molecular formula is C17H15BrN4O3. The van der Waals surface area contributed by atoms with Crippen molar-refractivity contribution in [2.75, 3.05) is 11.4 Å². The van der Waals surface area contributed by atoms with Crippen molar-refractivity contribution in [1.82, 2.24) is 14.5 Å². The first kappa shape index (κ1) is 17.1. The highest BCUT2D eigenvalue weighted by molar-refractivity contribution is 9.10. The van der Waals surface area contributed by atoms with Crippen LogP contribution in [0.5, 0.6) is 0 Å². The Bertz CT molecular complexity index is 1040. The van der Waals surface area contributed by atoms with E-state index in [-0.39, 0.29) is 12.5 Å². The minimum atomic E-state index is -0.614. The van der Waals surface area contributed by atoms with Crippen LogP contribution in [-0.2, 0) is 11.3 Å². The van der Waals surface area contributed by atoms with Gasteiger partial charge >= 0.3 is 5.69 Å². The number of carbonyl (C=O) groups is 1. The highest BCUT2D eigenvalue weighted by Crippen LogP contribution is 2.15. The van der Waals surface area contributed by atoms with Gasteiger partial charge in [0.15, 0.2) is 0 Å². The van der Waals surface area contributed by atoms with E-state index in [0.717, 1.165) is 9.04 Å². The number of likely N-dealkylation sites (N-methyl/N-ethyl adjacent to an activating group) is 1. The fourth-order valence-electron chi connectivity index (χ4n) is 2.56. The lowest BCUT2D eigenvalue weighted by Crippen LogP contribution is -2.42. The quantitative estimate of drug-likeness (QED) is 0.721. The van der Waals surface area contributed by atoms with Gasteiger partial charge in [-0.15, -0.1) is 0 Å². The first-order chi connectivity index (χ1) is 12.0. The monoisotopic (exact) mass is 402 g/mol. The molecule has 8 heteroatoms. The van der Waals surface area contributed by atoms with Gasteiger partial charge < -0.3 is 4.98 Å². The molecule has 0 bridgehead atoms. The summed E-state index contributed by atoms with van der Waals surface area (Å²) in [6.07, 6.45) is 1.58. The van der Waals surface area contributed by atoms with E-state index in [0.29, 0.717) is 23.3 Å². The van der Waals surface area contributed by atoms with Crippen molar-refractivity contribution in [3.8, 4) is 0 Å². The Morgan fingerprint density at radius 3 is 2.68 bits per heavy atom. The minimum absolute atomic E-state index is 0.357. The minimum Gasteiger partial charge on any atom is -0.307 e. The van der Waals surface area contributed by atoms with E-state index in [9.17, 15) is 14.4 Å². The van der Waals surface area contributed by atoms with E-state index < -0.39 is 11.2 Å². The van der Waals surface area contributed by atoms with Gasteiger partial charge in [-0.2, -0.15) is 0 Å². The average Bonchev–Trinajstić information content (AvgIpc) is 2.61. The molecule has 25 heavy (non-hydrogen) atoms. The van der Waals surface area contributed by atoms with E-state index in [4.69, 9.17) is 0 Å². The molecule has 0 fully saturated rings. The average molecular weight is 403 g/mol. The number of H-pyrrole nitrogens is 1. The molecule has 0 saturated heterocycles. The second-order valence-corrected chi connectivity index (χ2v) is 6.26. The first-order valence-electron chi connectivity index (χ1n) is 7.65. The SMILES string of the molecule is CCN(C(=O)Cn1c(=O)[nH]c2ccccc2c1=O)c1ccc(Br)cn1. The molecule has 3 rings (SSSR count). The Morgan fingerprint density at radius 2 is 2.00 bits per heavy atom. The number of aromatic nitrogens is 3. The molecule has 3 aromatic rings. The molecule has 0 unspecified atom stereocenters. The third-order valence-corrected chi connectivity index (χ3v) is 4.26. The van der Waals surface area contributed by atoms with Gasteiger partial charge in [-0.1, -0.05) is 12.1 Å². The van der Waals surface area contributed by atoms with E-state index in [1.807, 2.05) is 0 Å². The van der Waals surface area contributed by atoms with Crippen LogP contribution in [0.1, 0.15) is 6.92 Å². The number of hydrogen-bond donors (Lipinski definition) is 1. The Hall–Kier alpha value is -2.74. The summed E-state index contributed by atoms with van der Waals surface area (Å²) in [5, 5.41) is 0.361. The molecule has 7 nitrogen and oxygen atoms in total. The van der Waals surface area contributed by atoms with Crippen LogP contribution in [0, 0.1) is 0 Å². The van der Waals surface area contributed by atoms with Crippen LogP contribution in [0.3, 0.4) is 0 Å². The number of rotatable bonds is 4. The third kappa shape index (κ3) is 3.39. The lowest BCUT2D eigenvalue weighted by molar-refractivity contribution is -0.119. The largest absolute Gasteiger partial charge is 0.329 e. The zero-order chi connectivity index (χ0) is 18.0. The number of benzene rings is 1. The second-order valence-electron chi connectivity index (χ2n) is 5.34. The molecule has 1 aromatic carbocycles. The number of nitrogens with one attached hydrogen (secondary N) is 1. The predicted molar refractivity (Wildman–Crippen MR) is 98.8 cm³/mol. The molecule has 0 aliphatic rings. The van der Waals surface area contributed by atoms with Gasteiger partial charge in [0, 0.05) is 17.2 Å². The molecule has 1 amide bonds. The molecule has 2 heterocycles. The third-order valence-electron chi connectivity index (χ3n) is 3.79. The Balaban J connectivity index is 1.97. The number of anilines is 1. The number of fused-ring (bicyclic) bond motifs is 1. The van der Waals surface area contributed by atoms with Crippen LogP contribution in [0.25, 0.3) is 10.9 Å². The van der Waals surface area contributed by atoms with Crippen LogP contribution in [0.2, 0.25) is 0 Å². The fourth-order valence-corrected chi connectivity index (χ4v) is 2.79. The van der Waals surface area contributed by atoms with Crippen molar-refractivity contribution in [3.05, 3.63) is 67.9 Å². The summed E-state index contributed by atoms with van der Waals surface area (Å²) in [5.41, 5.74) is -0.660. The maximum Gasteiger partial charge on any atom is 0.329 e. The van der Waals surface area contributed by atoms with Crippen molar-refractivity contribution >= 4 is 38.6 Å². The van der Waals surface area contributed by atoms with Gasteiger partial charge in [0.1, 0.15) is 12.4 Å². The van der Waals surface area contributed by atoms with E-state index >= 15 is 0 Å². The summed E-state index contributed by atoms with van der Waals surface area (Å²) in [6.45, 7) is 1.81. The van der Waals surface area contributed by atoms with Gasteiger partial charge in [-0.25, -0.2) is 9.78 Å². The van der Waals surface area contributed by atoms with Crippen LogP contribution in [-0.4, -0.2) is 27.0 Å². The molecule has 1 N–H and O–H groups in total. The molecule has 0 aliphatic carbocycles. The van der Waals surface area contributed by atoms with Crippen LogP contribution in [0.4, 0.5) is 5.82 Å². The Morgan fingerprint density at radius 1 is 1.24 bits per heavy atom. The zero-order valence-electron chi connectivity index (χ0n) is 13.4. The normalized spacial score (nSPS) is 10.8. The summed E-state index contributed by atoms with van der Waals surface area (Å²) in [6, 6.07) is 10.2. The number of halogens is 1. The van der Waals surface area contributed by atoms with Crippen LogP contribution >= 0.6 is 15.9 Å². The summed E-state index contributed by atoms with van der Waals surface area (Å²) in [7, 11) is 0. The Kier molecular flexibility index (Phi) is 4.80. The highest BCUT2D eigenvalue weighted by atomic mass is 79.9. The number of carbonyl (C=O) groups excluding carboxylic acids is 1. The molecule has 2 aromatic heterocycles. The summed E-state index contributed by atoms with van der Waals surface area (Å²) in [4.78, 5) is 45.6. The van der Waals surface area contributed by atoms with Gasteiger partial charge in [0.2, 0.25) is 5.91 Å². The van der Waals surface area contributed by atoms with E-state index in [1.54, 1.807) is 49.5 Å². The van der Waals surface area contributed by atoms with Gasteiger partial charge in [0.25, 0.3) is 5.56 Å². The smallest absolute Gasteiger partial charge is 0.307 e. The standard InChI is InChI=1S/C17H15BrN4O3/c1-2-21(14-8-7-11(18)9-19-14)15(23)10-22-16(24)12-5-3-4-6-13(12)20-17(22)25/h3-9H,2,10H2,1H3,(H,20,25). The summed E-state index contributed by atoms with van der Waals surface area (Å²) in [5.74, 6) is 0.0705. The predicted octanol–water partition coefficient (Wildman–Crippen LogP) is 1.90. The number of aromatic amines is 1. The Labute approximate surface area is 151 Å². The molecule has 0 spiro atoms. The molecule has 0 saturated carbocycles. The maximum absolute atomic E-state index is 12.6. The first-order valence-corrected chi connectivity index (χ1v) is 8.44. The molecule has 0 atom stereocenters. The van der Waals surface area contributed by atoms with Crippen molar-refractivity contribution in [2.24, 2.45) is 0 Å². The fraction of sp³-hybridized carbons (Fsp3) is 0.176. The number of nitrogens with zero attached hydrogens (tertiary/aromatic N) is 3. The molecule has 128 valence electrons. The van der Waals surface area contributed by atoms with Gasteiger partial charge in [-0.3, -0.25) is 19.1 Å². The number of pyridine rings is 1. The highest BCUT2D eigenvalue weighted by Gasteiger charge is 2.18. The van der Waals surface area contributed by atoms with Crippen molar-refractivity contribution in [1.29, 1.82) is 0 Å². The van der Waals surface area contributed by atoms with Crippen molar-refractivity contribution in [2.45, 2.75) is 13.5 Å². The number of amides is 1. The molecular weight excluding hydrogens is 388 g/mol. The maximum atomic E-state index is 12.6. The van der Waals surface area contributed by atoms with Gasteiger partial charge in [-0.05, 0) is 47.1 Å². The zero-order valence-corrected chi connectivity index (χ0v) is 15.0. The lowest BCUT2D eigenvalue weighted by Gasteiger charge is -2.20. The van der Waals surface area contributed by atoms with Crippen LogP contribution in [0.15, 0.2) is 56.7 Å². The molecule has 0 radical (unpaired) electrons. The topological polar surface area (TPSA) is 88.1 Å². The van der Waals surface area contributed by atoms with Crippen LogP contribution < -0.4 is 16.1 Å². The summed E-state index contributed by atoms with van der Waals surface area (Å²) >= 11 is 3.29. The van der Waals surface area contributed by atoms with Gasteiger partial charge in [0.05, 0.1) is 10.9 Å².